The number of pyridine rings is 1. The van der Waals surface area contributed by atoms with Crippen molar-refractivity contribution < 1.29 is 23.4 Å². The number of carbonyl (C=O) groups is 1. The lowest BCUT2D eigenvalue weighted by Gasteiger charge is -2.30. The van der Waals surface area contributed by atoms with E-state index in [1.54, 1.807) is 13.0 Å². The highest BCUT2D eigenvalue weighted by Gasteiger charge is 2.23. The zero-order valence-corrected chi connectivity index (χ0v) is 21.6. The monoisotopic (exact) mass is 544 g/mol. The maximum Gasteiger partial charge on any atom is 0.219 e. The fourth-order valence-electron chi connectivity index (χ4n) is 5.12. The van der Waals surface area contributed by atoms with Crippen molar-refractivity contribution in [1.29, 1.82) is 0 Å². The zero-order chi connectivity index (χ0) is 28.0. The molecule has 9 nitrogen and oxygen atoms in total. The van der Waals surface area contributed by atoms with E-state index in [0.717, 1.165) is 48.1 Å². The van der Waals surface area contributed by atoms with Crippen molar-refractivity contribution in [3.8, 4) is 17.3 Å². The number of ether oxygens (including phenoxy) is 1. The number of anilines is 2. The van der Waals surface area contributed by atoms with Crippen LogP contribution in [0, 0.1) is 18.6 Å². The van der Waals surface area contributed by atoms with E-state index in [2.05, 4.69) is 26.0 Å². The Morgan fingerprint density at radius 3 is 2.70 bits per heavy atom. The summed E-state index contributed by atoms with van der Waals surface area (Å²) in [6.45, 7) is 3.25. The molecule has 0 fully saturated rings. The van der Waals surface area contributed by atoms with Gasteiger partial charge in [0.2, 0.25) is 17.4 Å². The van der Waals surface area contributed by atoms with Crippen LogP contribution in [0.1, 0.15) is 33.6 Å². The number of fused-ring (bicyclic) bond motifs is 2. The molecule has 0 atom stereocenters. The van der Waals surface area contributed by atoms with Gasteiger partial charge in [-0.05, 0) is 61.2 Å². The van der Waals surface area contributed by atoms with Gasteiger partial charge < -0.3 is 25.5 Å². The van der Waals surface area contributed by atoms with Gasteiger partial charge in [-0.2, -0.15) is 5.10 Å². The first-order valence-corrected chi connectivity index (χ1v) is 12.8. The largest absolute Gasteiger partial charge is 0.433 e. The molecule has 0 bridgehead atoms. The molecule has 2 aromatic carbocycles. The summed E-state index contributed by atoms with van der Waals surface area (Å²) in [6, 6.07) is 10.8. The number of nitrogens with one attached hydrogen (secondary N) is 1. The first-order valence-electron chi connectivity index (χ1n) is 12.8. The molecule has 4 heterocycles. The fraction of sp³-hybridized carbons (Fsp3) is 0.207. The number of hydrogen-bond donors (Lipinski definition) is 3. The van der Waals surface area contributed by atoms with Gasteiger partial charge in [0.25, 0.3) is 0 Å². The first kappa shape index (κ1) is 25.5. The molecule has 6 rings (SSSR count). The molecule has 3 aromatic heterocycles. The van der Waals surface area contributed by atoms with Crippen molar-refractivity contribution in [2.45, 2.75) is 19.8 Å². The van der Waals surface area contributed by atoms with E-state index in [4.69, 9.17) is 10.5 Å². The second-order valence-corrected chi connectivity index (χ2v) is 9.71. The Morgan fingerprint density at radius 2 is 1.95 bits per heavy atom. The van der Waals surface area contributed by atoms with Gasteiger partial charge >= 0.3 is 0 Å². The Labute approximate surface area is 227 Å². The minimum absolute atomic E-state index is 0.00870. The van der Waals surface area contributed by atoms with Gasteiger partial charge in [-0.1, -0.05) is 6.07 Å². The van der Waals surface area contributed by atoms with Gasteiger partial charge in [0, 0.05) is 35.7 Å². The maximum atomic E-state index is 14.0. The average molecular weight is 545 g/mol. The summed E-state index contributed by atoms with van der Waals surface area (Å²) in [5.74, 6) is -2.44. The topological polar surface area (TPSA) is 122 Å². The van der Waals surface area contributed by atoms with Gasteiger partial charge in [-0.3, -0.25) is 4.79 Å². The minimum atomic E-state index is -0.845. The zero-order valence-electron chi connectivity index (χ0n) is 21.6. The van der Waals surface area contributed by atoms with Gasteiger partial charge in [-0.25, -0.2) is 18.4 Å². The van der Waals surface area contributed by atoms with Gasteiger partial charge in [0.1, 0.15) is 5.82 Å². The van der Waals surface area contributed by atoms with Crippen LogP contribution in [0.5, 0.6) is 11.6 Å². The number of aliphatic hydroxyl groups is 1. The molecule has 0 unspecified atom stereocenters. The molecule has 0 aliphatic carbocycles. The standard InChI is InChI=1S/C29H26F2N6O3/c1-16-10-26(40-28-20(30)5-2-6-21(28)31)33-15-25(16)37-29(32)19(14-34-37)27(39)23-12-18-11-17-4-3-7-36(8-9-38)24(17)13-22(18)35-23/h2,5-6,10-15,35,38H,3-4,7-9,32H2,1H3. The van der Waals surface area contributed by atoms with Gasteiger partial charge in [0.05, 0.1) is 35.9 Å². The number of hydrogen-bond acceptors (Lipinski definition) is 7. The number of nitrogen functional groups attached to an aromatic ring is 1. The lowest BCUT2D eigenvalue weighted by molar-refractivity contribution is 0.103. The molecular weight excluding hydrogens is 518 g/mol. The van der Waals surface area contributed by atoms with E-state index >= 15 is 0 Å². The Kier molecular flexibility index (Phi) is 6.43. The Hall–Kier alpha value is -4.77. The van der Waals surface area contributed by atoms with E-state index in [1.165, 1.54) is 34.8 Å². The number of aryl methyl sites for hydroxylation is 2. The summed E-state index contributed by atoms with van der Waals surface area (Å²) >= 11 is 0. The van der Waals surface area contributed by atoms with E-state index in [0.29, 0.717) is 23.5 Å². The molecule has 5 aromatic rings. The SMILES string of the molecule is Cc1cc(Oc2c(F)cccc2F)ncc1-n1ncc(C(=O)c2cc3cc4c(cc3[nH]2)N(CCO)CCC4)c1N. The molecule has 1 aliphatic heterocycles. The summed E-state index contributed by atoms with van der Waals surface area (Å²) in [5.41, 5.74) is 11.1. The van der Waals surface area contributed by atoms with E-state index in [-0.39, 0.29) is 29.7 Å². The minimum Gasteiger partial charge on any atom is -0.433 e. The summed E-state index contributed by atoms with van der Waals surface area (Å²) in [7, 11) is 0. The highest BCUT2D eigenvalue weighted by Crippen LogP contribution is 2.33. The number of aliphatic hydroxyl groups excluding tert-OH is 1. The fourth-order valence-corrected chi connectivity index (χ4v) is 5.12. The Morgan fingerprint density at radius 1 is 1.15 bits per heavy atom. The summed E-state index contributed by atoms with van der Waals surface area (Å²) < 4.78 is 34.7. The summed E-state index contributed by atoms with van der Waals surface area (Å²) in [5, 5.41) is 14.7. The van der Waals surface area contributed by atoms with E-state index in [1.807, 2.05) is 6.07 Å². The Bertz CT molecular complexity index is 1740. The van der Waals surface area contributed by atoms with Crippen molar-refractivity contribution in [3.63, 3.8) is 0 Å². The van der Waals surface area contributed by atoms with Crippen molar-refractivity contribution in [2.75, 3.05) is 30.3 Å². The van der Waals surface area contributed by atoms with Crippen molar-refractivity contribution in [3.05, 3.63) is 88.9 Å². The number of para-hydroxylation sites is 1. The predicted octanol–water partition coefficient (Wildman–Crippen LogP) is 4.69. The lowest BCUT2D eigenvalue weighted by atomic mass is 10.00. The number of rotatable bonds is 7. The molecule has 0 saturated heterocycles. The third-order valence-electron chi connectivity index (χ3n) is 7.11. The third-order valence-corrected chi connectivity index (χ3v) is 7.11. The molecule has 1 aliphatic rings. The second kappa shape index (κ2) is 10.1. The number of benzene rings is 2. The summed E-state index contributed by atoms with van der Waals surface area (Å²) in [6.07, 6.45) is 4.75. The van der Waals surface area contributed by atoms with Crippen molar-refractivity contribution >= 4 is 28.2 Å². The quantitative estimate of drug-likeness (QED) is 0.254. The maximum absolute atomic E-state index is 14.0. The summed E-state index contributed by atoms with van der Waals surface area (Å²) in [4.78, 5) is 23.0. The molecule has 0 radical (unpaired) electrons. The third kappa shape index (κ3) is 4.43. The van der Waals surface area contributed by atoms with Crippen LogP contribution in [0.2, 0.25) is 0 Å². The number of aromatic nitrogens is 4. The second-order valence-electron chi connectivity index (χ2n) is 9.71. The Balaban J connectivity index is 1.28. The number of ketones is 1. The molecule has 0 amide bonds. The number of halogens is 2. The van der Waals surface area contributed by atoms with Crippen LogP contribution in [-0.4, -0.2) is 50.3 Å². The molecule has 40 heavy (non-hydrogen) atoms. The molecule has 11 heteroatoms. The molecule has 4 N–H and O–H groups in total. The van der Waals surface area contributed by atoms with Crippen LogP contribution in [-0.2, 0) is 6.42 Å². The highest BCUT2D eigenvalue weighted by atomic mass is 19.1. The van der Waals surface area contributed by atoms with Crippen LogP contribution in [0.25, 0.3) is 16.6 Å². The molecular formula is C29H26F2N6O3. The number of aromatic amines is 1. The van der Waals surface area contributed by atoms with Gasteiger partial charge in [-0.15, -0.1) is 0 Å². The van der Waals surface area contributed by atoms with Crippen LogP contribution in [0.15, 0.2) is 54.9 Å². The van der Waals surface area contributed by atoms with Crippen LogP contribution < -0.4 is 15.4 Å². The average Bonchev–Trinajstić information content (AvgIpc) is 3.53. The van der Waals surface area contributed by atoms with Crippen molar-refractivity contribution in [1.82, 2.24) is 19.7 Å². The highest BCUT2D eigenvalue weighted by molar-refractivity contribution is 6.12. The smallest absolute Gasteiger partial charge is 0.219 e. The van der Waals surface area contributed by atoms with Crippen LogP contribution in [0.4, 0.5) is 20.3 Å². The number of nitrogens with two attached hydrogens (primary N) is 1. The van der Waals surface area contributed by atoms with Crippen LogP contribution >= 0.6 is 0 Å². The molecule has 0 saturated carbocycles. The first-order chi connectivity index (χ1) is 19.3. The van der Waals surface area contributed by atoms with E-state index < -0.39 is 17.4 Å². The number of nitrogens with zero attached hydrogens (tertiary/aromatic N) is 4. The number of H-pyrrole nitrogens is 1. The van der Waals surface area contributed by atoms with Crippen molar-refractivity contribution in [2.24, 2.45) is 0 Å². The van der Waals surface area contributed by atoms with Crippen LogP contribution in [0.3, 0.4) is 0 Å². The number of β-amino-alcohol motifs (C(OH)–C–C–N with tert-alkyl or cyclic N) is 1. The lowest BCUT2D eigenvalue weighted by Crippen LogP contribution is -2.31. The predicted molar refractivity (Wildman–Crippen MR) is 146 cm³/mol. The van der Waals surface area contributed by atoms with E-state index in [9.17, 15) is 18.7 Å². The molecule has 0 spiro atoms. The normalized spacial score (nSPS) is 13.1. The van der Waals surface area contributed by atoms with Gasteiger partial charge in [0.15, 0.2) is 11.6 Å². The molecule has 204 valence electrons. The number of carbonyl (C=O) groups excluding carboxylic acids is 1.